The SMILES string of the molecule is CC(CC(=O)N1CCC([O])CC1)C(=O)c1ccccc1/C(N)=N\O. The third kappa shape index (κ3) is 4.11. The normalized spacial score (nSPS) is 17.6. The standard InChI is InChI=1S/C17H22N3O4/c1-11(10-15(22)20-8-6-12(21)7-9-20)16(23)13-4-2-3-5-14(13)17(18)19-24/h2-5,11-12,24H,6-10H2,1H3,(H2,18,19). The second-order valence-electron chi connectivity index (χ2n) is 6.08. The zero-order valence-corrected chi connectivity index (χ0v) is 13.6. The number of oxime groups is 1. The molecule has 2 rings (SSSR count). The Bertz CT molecular complexity index is 636. The molecule has 1 unspecified atom stereocenters. The Morgan fingerprint density at radius 3 is 2.46 bits per heavy atom. The van der Waals surface area contributed by atoms with Crippen molar-refractivity contribution >= 4 is 17.5 Å². The number of rotatable bonds is 5. The van der Waals surface area contributed by atoms with Gasteiger partial charge in [-0.25, -0.2) is 5.11 Å². The molecule has 1 aliphatic rings. The van der Waals surface area contributed by atoms with Gasteiger partial charge in [-0.15, -0.1) is 0 Å². The molecule has 0 aromatic heterocycles. The number of nitrogens with zero attached hydrogens (tertiary/aromatic N) is 2. The number of likely N-dealkylation sites (tertiary alicyclic amines) is 1. The van der Waals surface area contributed by atoms with Crippen LogP contribution in [0.15, 0.2) is 29.4 Å². The molecule has 0 spiro atoms. The predicted molar refractivity (Wildman–Crippen MR) is 87.4 cm³/mol. The van der Waals surface area contributed by atoms with Crippen molar-refractivity contribution in [3.8, 4) is 0 Å². The summed E-state index contributed by atoms with van der Waals surface area (Å²) in [6.45, 7) is 2.59. The zero-order chi connectivity index (χ0) is 17.7. The fourth-order valence-electron chi connectivity index (χ4n) is 2.83. The Labute approximate surface area is 140 Å². The van der Waals surface area contributed by atoms with Gasteiger partial charge in [-0.1, -0.05) is 36.3 Å². The first-order chi connectivity index (χ1) is 11.4. The highest BCUT2D eigenvalue weighted by Crippen LogP contribution is 2.19. The fraction of sp³-hybridized carbons (Fsp3) is 0.471. The molecule has 1 fully saturated rings. The fourth-order valence-corrected chi connectivity index (χ4v) is 2.83. The number of benzene rings is 1. The number of carbonyl (C=O) groups is 2. The highest BCUT2D eigenvalue weighted by molar-refractivity contribution is 6.10. The number of hydrogen-bond donors (Lipinski definition) is 2. The Morgan fingerprint density at radius 2 is 1.88 bits per heavy atom. The summed E-state index contributed by atoms with van der Waals surface area (Å²) in [5, 5.41) is 23.1. The Hall–Kier alpha value is -2.41. The number of piperidine rings is 1. The van der Waals surface area contributed by atoms with Crippen LogP contribution in [-0.2, 0) is 9.90 Å². The van der Waals surface area contributed by atoms with Crippen molar-refractivity contribution in [3.63, 3.8) is 0 Å². The highest BCUT2D eigenvalue weighted by atomic mass is 16.4. The summed E-state index contributed by atoms with van der Waals surface area (Å²) in [5.41, 5.74) is 6.28. The van der Waals surface area contributed by atoms with Crippen molar-refractivity contribution in [1.82, 2.24) is 4.90 Å². The number of carbonyl (C=O) groups excluding carboxylic acids is 2. The van der Waals surface area contributed by atoms with Crippen molar-refractivity contribution in [3.05, 3.63) is 35.4 Å². The minimum atomic E-state index is -0.597. The lowest BCUT2D eigenvalue weighted by molar-refractivity contribution is -0.134. The van der Waals surface area contributed by atoms with Gasteiger partial charge in [0.15, 0.2) is 11.6 Å². The number of hydrogen-bond acceptors (Lipinski definition) is 4. The molecule has 1 aliphatic heterocycles. The molecular formula is C17H22N3O4. The third-order valence-electron chi connectivity index (χ3n) is 4.30. The summed E-state index contributed by atoms with van der Waals surface area (Å²) in [5.74, 6) is -1.03. The zero-order valence-electron chi connectivity index (χ0n) is 13.6. The topological polar surface area (TPSA) is 116 Å². The lowest BCUT2D eigenvalue weighted by Crippen LogP contribution is -2.40. The van der Waals surface area contributed by atoms with Crippen LogP contribution in [0.3, 0.4) is 0 Å². The van der Waals surface area contributed by atoms with E-state index in [-0.39, 0.29) is 23.9 Å². The summed E-state index contributed by atoms with van der Waals surface area (Å²) < 4.78 is 0. The first kappa shape index (κ1) is 17.9. The molecule has 1 aromatic carbocycles. The Morgan fingerprint density at radius 1 is 1.29 bits per heavy atom. The molecule has 7 nitrogen and oxygen atoms in total. The van der Waals surface area contributed by atoms with Crippen molar-refractivity contribution in [2.24, 2.45) is 16.8 Å². The van der Waals surface area contributed by atoms with Gasteiger partial charge in [0.05, 0.1) is 6.10 Å². The van der Waals surface area contributed by atoms with Crippen LogP contribution in [0, 0.1) is 5.92 Å². The summed E-state index contributed by atoms with van der Waals surface area (Å²) >= 11 is 0. The second kappa shape index (κ2) is 7.92. The molecule has 1 radical (unpaired) electrons. The van der Waals surface area contributed by atoms with Gasteiger partial charge in [0.25, 0.3) is 0 Å². The van der Waals surface area contributed by atoms with Crippen molar-refractivity contribution in [2.75, 3.05) is 13.1 Å². The van der Waals surface area contributed by atoms with Crippen LogP contribution in [0.4, 0.5) is 0 Å². The minimum Gasteiger partial charge on any atom is -0.409 e. The van der Waals surface area contributed by atoms with Crippen LogP contribution >= 0.6 is 0 Å². The van der Waals surface area contributed by atoms with Crippen molar-refractivity contribution in [1.29, 1.82) is 0 Å². The van der Waals surface area contributed by atoms with Gasteiger partial charge in [-0.2, -0.15) is 0 Å². The maximum atomic E-state index is 12.6. The number of Topliss-reactive ketones (excluding diaryl/α,β-unsaturated/α-hetero) is 1. The van der Waals surface area contributed by atoms with Gasteiger partial charge in [0, 0.05) is 36.6 Å². The van der Waals surface area contributed by atoms with E-state index in [1.165, 1.54) is 0 Å². The van der Waals surface area contributed by atoms with Crippen LogP contribution in [0.25, 0.3) is 0 Å². The molecule has 1 amide bonds. The van der Waals surface area contributed by atoms with E-state index in [1.54, 1.807) is 36.1 Å². The Kier molecular flexibility index (Phi) is 5.92. The van der Waals surface area contributed by atoms with Crippen LogP contribution in [0.1, 0.15) is 42.1 Å². The molecule has 1 aromatic rings. The number of amidine groups is 1. The molecule has 7 heteroatoms. The van der Waals surface area contributed by atoms with Crippen LogP contribution in [0.5, 0.6) is 0 Å². The Balaban J connectivity index is 2.06. The van der Waals surface area contributed by atoms with Gasteiger partial charge < -0.3 is 15.8 Å². The monoisotopic (exact) mass is 332 g/mol. The molecule has 0 saturated carbocycles. The van der Waals surface area contributed by atoms with Gasteiger partial charge in [0.2, 0.25) is 5.91 Å². The average Bonchev–Trinajstić information content (AvgIpc) is 2.60. The molecule has 0 aliphatic carbocycles. The summed E-state index contributed by atoms with van der Waals surface area (Å²) in [6.07, 6.45) is 0.397. The van der Waals surface area contributed by atoms with E-state index in [0.717, 1.165) is 0 Å². The largest absolute Gasteiger partial charge is 0.409 e. The molecule has 1 atom stereocenters. The summed E-state index contributed by atoms with van der Waals surface area (Å²) in [7, 11) is 0. The lowest BCUT2D eigenvalue weighted by Gasteiger charge is -2.29. The van der Waals surface area contributed by atoms with Gasteiger partial charge in [0.1, 0.15) is 0 Å². The quantitative estimate of drug-likeness (QED) is 0.279. The van der Waals surface area contributed by atoms with E-state index in [0.29, 0.717) is 37.1 Å². The number of nitrogens with two attached hydrogens (primary N) is 1. The van der Waals surface area contributed by atoms with Crippen molar-refractivity contribution in [2.45, 2.75) is 32.3 Å². The van der Waals surface area contributed by atoms with E-state index >= 15 is 0 Å². The molecule has 1 heterocycles. The second-order valence-corrected chi connectivity index (χ2v) is 6.08. The van der Waals surface area contributed by atoms with Crippen LogP contribution in [0.2, 0.25) is 0 Å². The van der Waals surface area contributed by atoms with E-state index in [1.807, 2.05) is 0 Å². The molecule has 24 heavy (non-hydrogen) atoms. The number of amides is 1. The smallest absolute Gasteiger partial charge is 0.223 e. The third-order valence-corrected chi connectivity index (χ3v) is 4.30. The lowest BCUT2D eigenvalue weighted by atomic mass is 9.92. The molecule has 0 bridgehead atoms. The first-order valence-electron chi connectivity index (χ1n) is 7.98. The average molecular weight is 332 g/mol. The summed E-state index contributed by atoms with van der Waals surface area (Å²) in [4.78, 5) is 26.6. The van der Waals surface area contributed by atoms with Gasteiger partial charge >= 0.3 is 0 Å². The maximum absolute atomic E-state index is 12.6. The van der Waals surface area contributed by atoms with Crippen LogP contribution < -0.4 is 5.73 Å². The molecule has 1 saturated heterocycles. The van der Waals surface area contributed by atoms with E-state index in [4.69, 9.17) is 10.9 Å². The summed E-state index contributed by atoms with van der Waals surface area (Å²) in [6, 6.07) is 6.57. The van der Waals surface area contributed by atoms with E-state index in [2.05, 4.69) is 5.16 Å². The molecule has 3 N–H and O–H groups in total. The van der Waals surface area contributed by atoms with Gasteiger partial charge in [-0.05, 0) is 12.8 Å². The van der Waals surface area contributed by atoms with Crippen LogP contribution in [-0.4, -0.2) is 46.8 Å². The van der Waals surface area contributed by atoms with Crippen molar-refractivity contribution < 1.29 is 19.9 Å². The highest BCUT2D eigenvalue weighted by Gasteiger charge is 2.27. The predicted octanol–water partition coefficient (Wildman–Crippen LogP) is 1.41. The molecule has 129 valence electrons. The van der Waals surface area contributed by atoms with Gasteiger partial charge in [-0.3, -0.25) is 9.59 Å². The maximum Gasteiger partial charge on any atom is 0.223 e. The molecular weight excluding hydrogens is 310 g/mol. The number of ketones is 1. The van der Waals surface area contributed by atoms with E-state index in [9.17, 15) is 14.7 Å². The van der Waals surface area contributed by atoms with E-state index < -0.39 is 12.0 Å². The first-order valence-corrected chi connectivity index (χ1v) is 7.98. The minimum absolute atomic E-state index is 0.0763.